The van der Waals surface area contributed by atoms with Crippen molar-refractivity contribution in [1.29, 1.82) is 0 Å². The standard InChI is InChI=1S/C20H23ClF3N3O6S/c1-31-6-7-32-15-5-4-13(3-2-8-34(29,30)27-12-18(25)28)17(10-15)33-19-16(21)9-14(11-26-19)20(22,23)24/h4-5,9-11,27H,2-3,6-8,12H2,1H3,(H2,25,28). The van der Waals surface area contributed by atoms with Crippen molar-refractivity contribution in [2.75, 3.05) is 32.6 Å². The minimum Gasteiger partial charge on any atom is -0.491 e. The number of halogens is 4. The number of pyridine rings is 1. The van der Waals surface area contributed by atoms with Crippen LogP contribution in [-0.4, -0.2) is 51.9 Å². The zero-order valence-electron chi connectivity index (χ0n) is 18.0. The number of ether oxygens (including phenoxy) is 3. The van der Waals surface area contributed by atoms with Gasteiger partial charge in [-0.05, 0) is 30.5 Å². The number of nitrogens with one attached hydrogen (secondary N) is 1. The number of aryl methyl sites for hydroxylation is 1. The largest absolute Gasteiger partial charge is 0.491 e. The lowest BCUT2D eigenvalue weighted by Gasteiger charge is -2.15. The van der Waals surface area contributed by atoms with E-state index in [1.165, 1.54) is 13.2 Å². The van der Waals surface area contributed by atoms with Crippen LogP contribution in [0.25, 0.3) is 0 Å². The molecule has 0 bridgehead atoms. The first-order chi connectivity index (χ1) is 15.9. The van der Waals surface area contributed by atoms with Gasteiger partial charge in [-0.3, -0.25) is 4.79 Å². The molecule has 0 aliphatic rings. The molecule has 14 heteroatoms. The van der Waals surface area contributed by atoms with Crippen molar-refractivity contribution in [2.45, 2.75) is 19.0 Å². The Labute approximate surface area is 199 Å². The molecule has 188 valence electrons. The van der Waals surface area contributed by atoms with Gasteiger partial charge >= 0.3 is 6.18 Å². The summed E-state index contributed by atoms with van der Waals surface area (Å²) in [6.45, 7) is 0.0427. The lowest BCUT2D eigenvalue weighted by atomic mass is 10.1. The predicted octanol–water partition coefficient (Wildman–Crippen LogP) is 2.91. The Kier molecular flexibility index (Phi) is 9.91. The van der Waals surface area contributed by atoms with Crippen molar-refractivity contribution < 1.29 is 40.6 Å². The number of amides is 1. The molecule has 1 aromatic heterocycles. The summed E-state index contributed by atoms with van der Waals surface area (Å²) in [7, 11) is -2.23. The number of nitrogens with two attached hydrogens (primary N) is 1. The molecule has 0 atom stereocenters. The van der Waals surface area contributed by atoms with Crippen molar-refractivity contribution in [3.63, 3.8) is 0 Å². The number of alkyl halides is 3. The molecule has 9 nitrogen and oxygen atoms in total. The summed E-state index contributed by atoms with van der Waals surface area (Å²) in [6.07, 6.45) is -3.67. The fraction of sp³-hybridized carbons (Fsp3) is 0.400. The first kappa shape index (κ1) is 27.6. The van der Waals surface area contributed by atoms with Gasteiger partial charge in [-0.15, -0.1) is 0 Å². The summed E-state index contributed by atoms with van der Waals surface area (Å²) < 4.78 is 80.8. The molecule has 0 radical (unpaired) electrons. The Morgan fingerprint density at radius 2 is 1.97 bits per heavy atom. The average molecular weight is 526 g/mol. The zero-order valence-corrected chi connectivity index (χ0v) is 19.6. The number of hydrogen-bond donors (Lipinski definition) is 2. The topological polar surface area (TPSA) is 130 Å². The number of hydrogen-bond acceptors (Lipinski definition) is 7. The summed E-state index contributed by atoms with van der Waals surface area (Å²) in [5, 5.41) is -0.357. The van der Waals surface area contributed by atoms with Crippen LogP contribution in [0.5, 0.6) is 17.4 Å². The molecule has 1 heterocycles. The number of sulfonamides is 1. The van der Waals surface area contributed by atoms with Crippen LogP contribution in [0.4, 0.5) is 13.2 Å². The molecular formula is C20H23ClF3N3O6S. The first-order valence-electron chi connectivity index (χ1n) is 9.82. The molecule has 0 spiro atoms. The Hall–Kier alpha value is -2.61. The quantitative estimate of drug-likeness (QED) is 0.384. The van der Waals surface area contributed by atoms with E-state index in [9.17, 15) is 26.4 Å². The smallest absolute Gasteiger partial charge is 0.417 e. The molecule has 34 heavy (non-hydrogen) atoms. The van der Waals surface area contributed by atoms with Crippen LogP contribution in [0, 0.1) is 0 Å². The fourth-order valence-corrected chi connectivity index (χ4v) is 3.87. The van der Waals surface area contributed by atoms with Crippen LogP contribution in [0.3, 0.4) is 0 Å². The van der Waals surface area contributed by atoms with Crippen LogP contribution in [-0.2, 0) is 32.2 Å². The summed E-state index contributed by atoms with van der Waals surface area (Å²) in [5.74, 6) is -0.823. The molecule has 3 N–H and O–H groups in total. The minimum absolute atomic E-state index is 0.141. The molecule has 2 aromatic rings. The highest BCUT2D eigenvalue weighted by molar-refractivity contribution is 7.89. The summed E-state index contributed by atoms with van der Waals surface area (Å²) in [5.41, 5.74) is 4.43. The zero-order chi connectivity index (χ0) is 25.4. The van der Waals surface area contributed by atoms with E-state index in [1.54, 1.807) is 12.1 Å². The predicted molar refractivity (Wildman–Crippen MR) is 117 cm³/mol. The van der Waals surface area contributed by atoms with Gasteiger partial charge < -0.3 is 19.9 Å². The Morgan fingerprint density at radius 3 is 2.59 bits per heavy atom. The van der Waals surface area contributed by atoms with Gasteiger partial charge in [-0.2, -0.15) is 13.2 Å². The summed E-state index contributed by atoms with van der Waals surface area (Å²) >= 11 is 5.94. The van der Waals surface area contributed by atoms with Crippen molar-refractivity contribution in [3.05, 3.63) is 46.6 Å². The van der Waals surface area contributed by atoms with Crippen LogP contribution in [0.2, 0.25) is 5.02 Å². The third-order valence-electron chi connectivity index (χ3n) is 4.26. The average Bonchev–Trinajstić information content (AvgIpc) is 2.74. The number of nitrogens with zero attached hydrogens (tertiary/aromatic N) is 1. The lowest BCUT2D eigenvalue weighted by Crippen LogP contribution is -2.34. The maximum atomic E-state index is 12.9. The van der Waals surface area contributed by atoms with Gasteiger partial charge in [0.25, 0.3) is 0 Å². The van der Waals surface area contributed by atoms with E-state index in [0.717, 1.165) is 0 Å². The van der Waals surface area contributed by atoms with Gasteiger partial charge in [-0.25, -0.2) is 18.1 Å². The lowest BCUT2D eigenvalue weighted by molar-refractivity contribution is -0.137. The van der Waals surface area contributed by atoms with Crippen molar-refractivity contribution in [2.24, 2.45) is 5.73 Å². The Morgan fingerprint density at radius 1 is 1.24 bits per heavy atom. The van der Waals surface area contributed by atoms with E-state index < -0.39 is 34.2 Å². The Bertz CT molecular complexity index is 1100. The highest BCUT2D eigenvalue weighted by Gasteiger charge is 2.32. The third kappa shape index (κ3) is 8.97. The first-order valence-corrected chi connectivity index (χ1v) is 11.8. The number of methoxy groups -OCH3 is 1. The highest BCUT2D eigenvalue weighted by Crippen LogP contribution is 2.36. The fourth-order valence-electron chi connectivity index (χ4n) is 2.63. The van der Waals surface area contributed by atoms with Crippen LogP contribution in [0.15, 0.2) is 30.5 Å². The van der Waals surface area contributed by atoms with Gasteiger partial charge in [-0.1, -0.05) is 17.7 Å². The van der Waals surface area contributed by atoms with Crippen molar-refractivity contribution in [1.82, 2.24) is 9.71 Å². The van der Waals surface area contributed by atoms with Gasteiger partial charge in [0.2, 0.25) is 21.8 Å². The highest BCUT2D eigenvalue weighted by atomic mass is 35.5. The summed E-state index contributed by atoms with van der Waals surface area (Å²) in [6, 6.07) is 5.43. The second kappa shape index (κ2) is 12.2. The molecule has 1 amide bonds. The maximum absolute atomic E-state index is 12.9. The number of benzene rings is 1. The normalized spacial score (nSPS) is 11.9. The number of carbonyl (C=O) groups excluding carboxylic acids is 1. The minimum atomic E-state index is -4.62. The second-order valence-corrected chi connectivity index (χ2v) is 9.27. The maximum Gasteiger partial charge on any atom is 0.417 e. The van der Waals surface area contributed by atoms with Crippen molar-refractivity contribution >= 4 is 27.5 Å². The van der Waals surface area contributed by atoms with Gasteiger partial charge in [0.15, 0.2) is 0 Å². The number of carbonyl (C=O) groups is 1. The van der Waals surface area contributed by atoms with Crippen LogP contribution < -0.4 is 19.9 Å². The number of primary amides is 1. The molecule has 0 saturated carbocycles. The molecular weight excluding hydrogens is 503 g/mol. The molecule has 2 rings (SSSR count). The monoisotopic (exact) mass is 525 g/mol. The van der Waals surface area contributed by atoms with E-state index >= 15 is 0 Å². The number of rotatable bonds is 13. The molecule has 0 saturated heterocycles. The van der Waals surface area contributed by atoms with E-state index in [1.807, 2.05) is 0 Å². The van der Waals surface area contributed by atoms with E-state index in [2.05, 4.69) is 9.71 Å². The van der Waals surface area contributed by atoms with Gasteiger partial charge in [0.1, 0.15) is 23.1 Å². The SMILES string of the molecule is COCCOc1ccc(CCCS(=O)(=O)NCC(N)=O)c(Oc2ncc(C(F)(F)F)cc2Cl)c1. The molecule has 0 unspecified atom stereocenters. The van der Waals surface area contributed by atoms with Crippen LogP contribution in [0.1, 0.15) is 17.5 Å². The molecule has 0 aliphatic heterocycles. The van der Waals surface area contributed by atoms with E-state index in [4.69, 9.17) is 31.5 Å². The molecule has 1 aromatic carbocycles. The van der Waals surface area contributed by atoms with Gasteiger partial charge in [0, 0.05) is 19.4 Å². The van der Waals surface area contributed by atoms with Gasteiger partial charge in [0.05, 0.1) is 24.5 Å². The molecule has 0 fully saturated rings. The third-order valence-corrected chi connectivity index (χ3v) is 5.94. The number of aromatic nitrogens is 1. The van der Waals surface area contributed by atoms with E-state index in [0.29, 0.717) is 30.2 Å². The molecule has 0 aliphatic carbocycles. The Balaban J connectivity index is 2.22. The van der Waals surface area contributed by atoms with Crippen LogP contribution >= 0.6 is 11.6 Å². The van der Waals surface area contributed by atoms with E-state index in [-0.39, 0.29) is 41.9 Å². The van der Waals surface area contributed by atoms with Crippen molar-refractivity contribution in [3.8, 4) is 17.4 Å². The second-order valence-electron chi connectivity index (χ2n) is 6.93. The summed E-state index contributed by atoms with van der Waals surface area (Å²) in [4.78, 5) is 14.4.